The summed E-state index contributed by atoms with van der Waals surface area (Å²) >= 11 is 0. The van der Waals surface area contributed by atoms with Crippen molar-refractivity contribution in [2.24, 2.45) is 0 Å². The summed E-state index contributed by atoms with van der Waals surface area (Å²) in [6, 6.07) is 13.2. The number of nitrogens with zero attached hydrogens (tertiary/aromatic N) is 1. The number of ether oxygens (including phenoxy) is 2. The molecule has 6 nitrogen and oxygen atoms in total. The lowest BCUT2D eigenvalue weighted by molar-refractivity contribution is 0.102. The Bertz CT molecular complexity index is 1040. The number of aromatic nitrogens is 1. The largest absolute Gasteiger partial charge is 0.486 e. The highest BCUT2D eigenvalue weighted by atomic mass is 16.6. The molecule has 1 aliphatic heterocycles. The zero-order chi connectivity index (χ0) is 20.4. The third-order valence-electron chi connectivity index (χ3n) is 4.76. The van der Waals surface area contributed by atoms with E-state index in [0.717, 1.165) is 16.8 Å². The van der Waals surface area contributed by atoms with Crippen LogP contribution >= 0.6 is 0 Å². The van der Waals surface area contributed by atoms with Crippen LogP contribution in [0.15, 0.2) is 48.7 Å². The van der Waals surface area contributed by atoms with E-state index in [1.165, 1.54) is 5.56 Å². The summed E-state index contributed by atoms with van der Waals surface area (Å²) < 4.78 is 11.1. The average Bonchev–Trinajstić information content (AvgIpc) is 2.71. The molecule has 0 fully saturated rings. The Morgan fingerprint density at radius 3 is 2.34 bits per heavy atom. The molecule has 6 heteroatoms. The topological polar surface area (TPSA) is 72.5 Å². The Morgan fingerprint density at radius 1 is 0.931 bits per heavy atom. The van der Waals surface area contributed by atoms with Crippen molar-refractivity contribution in [1.82, 2.24) is 4.98 Å². The van der Waals surface area contributed by atoms with Crippen molar-refractivity contribution in [2.45, 2.75) is 20.8 Å². The monoisotopic (exact) mass is 389 g/mol. The number of pyridine rings is 1. The molecule has 2 heterocycles. The number of amides is 1. The van der Waals surface area contributed by atoms with Gasteiger partial charge < -0.3 is 20.1 Å². The minimum Gasteiger partial charge on any atom is -0.486 e. The maximum atomic E-state index is 12.6. The lowest BCUT2D eigenvalue weighted by Gasteiger charge is -2.19. The summed E-state index contributed by atoms with van der Waals surface area (Å²) in [5.41, 5.74) is 5.70. The van der Waals surface area contributed by atoms with Gasteiger partial charge in [0.2, 0.25) is 0 Å². The second-order valence-corrected chi connectivity index (χ2v) is 7.14. The van der Waals surface area contributed by atoms with E-state index in [0.29, 0.717) is 41.8 Å². The fourth-order valence-corrected chi connectivity index (χ4v) is 3.43. The first-order chi connectivity index (χ1) is 14.0. The van der Waals surface area contributed by atoms with Gasteiger partial charge in [-0.1, -0.05) is 17.7 Å². The van der Waals surface area contributed by atoms with Crippen LogP contribution in [0.3, 0.4) is 0 Å². The van der Waals surface area contributed by atoms with Crippen molar-refractivity contribution >= 4 is 23.1 Å². The number of aryl methyl sites for hydroxylation is 3. The quantitative estimate of drug-likeness (QED) is 0.672. The third kappa shape index (κ3) is 4.16. The molecule has 4 rings (SSSR count). The molecule has 0 aliphatic carbocycles. The standard InChI is InChI=1S/C23H23N3O3/c1-14-10-15(2)22(16(3)11-14)26-21-7-4-17(13-24-21)23(27)25-18-5-6-19-20(12-18)29-9-8-28-19/h4-7,10-13H,8-9H2,1-3H3,(H,24,26)(H,25,27). The van der Waals surface area contributed by atoms with Gasteiger partial charge in [-0.05, 0) is 56.2 Å². The van der Waals surface area contributed by atoms with Gasteiger partial charge in [0.15, 0.2) is 11.5 Å². The van der Waals surface area contributed by atoms with E-state index in [-0.39, 0.29) is 5.91 Å². The minimum atomic E-state index is -0.233. The van der Waals surface area contributed by atoms with E-state index in [1.807, 2.05) is 0 Å². The predicted octanol–water partition coefficient (Wildman–Crippen LogP) is 4.77. The van der Waals surface area contributed by atoms with Gasteiger partial charge in [-0.2, -0.15) is 0 Å². The van der Waals surface area contributed by atoms with Crippen molar-refractivity contribution in [1.29, 1.82) is 0 Å². The van der Waals surface area contributed by atoms with E-state index in [4.69, 9.17) is 9.47 Å². The fourth-order valence-electron chi connectivity index (χ4n) is 3.43. The second-order valence-electron chi connectivity index (χ2n) is 7.14. The highest BCUT2D eigenvalue weighted by molar-refractivity contribution is 6.04. The molecule has 0 spiro atoms. The fraction of sp³-hybridized carbons (Fsp3) is 0.217. The predicted molar refractivity (Wildman–Crippen MR) is 114 cm³/mol. The van der Waals surface area contributed by atoms with Crippen molar-refractivity contribution in [3.8, 4) is 11.5 Å². The number of nitrogens with one attached hydrogen (secondary N) is 2. The van der Waals surface area contributed by atoms with E-state index in [2.05, 4.69) is 48.5 Å². The van der Waals surface area contributed by atoms with Crippen LogP contribution in [0.1, 0.15) is 27.0 Å². The van der Waals surface area contributed by atoms with Gasteiger partial charge in [0.25, 0.3) is 5.91 Å². The number of fused-ring (bicyclic) bond motifs is 1. The molecular weight excluding hydrogens is 366 g/mol. The van der Waals surface area contributed by atoms with Crippen LogP contribution in [0.5, 0.6) is 11.5 Å². The Morgan fingerprint density at radius 2 is 1.66 bits per heavy atom. The molecule has 1 amide bonds. The number of carbonyl (C=O) groups is 1. The van der Waals surface area contributed by atoms with Gasteiger partial charge in [0.05, 0.1) is 5.56 Å². The summed E-state index contributed by atoms with van der Waals surface area (Å²) in [4.78, 5) is 16.9. The lowest BCUT2D eigenvalue weighted by atomic mass is 10.1. The lowest BCUT2D eigenvalue weighted by Crippen LogP contribution is -2.16. The summed E-state index contributed by atoms with van der Waals surface area (Å²) in [7, 11) is 0. The Balaban J connectivity index is 1.46. The van der Waals surface area contributed by atoms with Crippen LogP contribution in [0.25, 0.3) is 0 Å². The average molecular weight is 389 g/mol. The van der Waals surface area contributed by atoms with Gasteiger partial charge >= 0.3 is 0 Å². The molecule has 0 radical (unpaired) electrons. The smallest absolute Gasteiger partial charge is 0.257 e. The highest BCUT2D eigenvalue weighted by Crippen LogP contribution is 2.32. The minimum absolute atomic E-state index is 0.233. The molecule has 0 saturated carbocycles. The summed E-state index contributed by atoms with van der Waals surface area (Å²) in [6.07, 6.45) is 1.56. The zero-order valence-electron chi connectivity index (χ0n) is 16.7. The van der Waals surface area contributed by atoms with Crippen LogP contribution in [-0.4, -0.2) is 24.1 Å². The van der Waals surface area contributed by atoms with E-state index in [1.54, 1.807) is 36.5 Å². The maximum Gasteiger partial charge on any atom is 0.257 e. The Labute approximate surface area is 169 Å². The highest BCUT2D eigenvalue weighted by Gasteiger charge is 2.14. The molecule has 2 N–H and O–H groups in total. The molecule has 1 aliphatic rings. The summed E-state index contributed by atoms with van der Waals surface area (Å²) in [5, 5.41) is 6.21. The third-order valence-corrected chi connectivity index (χ3v) is 4.76. The normalized spacial score (nSPS) is 12.4. The molecule has 148 valence electrons. The van der Waals surface area contributed by atoms with Gasteiger partial charge in [-0.3, -0.25) is 4.79 Å². The molecule has 0 atom stereocenters. The molecule has 1 aromatic heterocycles. The van der Waals surface area contributed by atoms with E-state index >= 15 is 0 Å². The van der Waals surface area contributed by atoms with Crippen LogP contribution in [0.2, 0.25) is 0 Å². The van der Waals surface area contributed by atoms with Crippen molar-refractivity contribution in [3.05, 3.63) is 70.9 Å². The molecule has 0 unspecified atom stereocenters. The maximum absolute atomic E-state index is 12.6. The number of hydrogen-bond donors (Lipinski definition) is 2. The first-order valence-corrected chi connectivity index (χ1v) is 9.51. The van der Waals surface area contributed by atoms with Crippen molar-refractivity contribution < 1.29 is 14.3 Å². The van der Waals surface area contributed by atoms with Gasteiger partial charge in [0, 0.05) is 23.6 Å². The molecule has 3 aromatic rings. The molecule has 29 heavy (non-hydrogen) atoms. The van der Waals surface area contributed by atoms with Crippen LogP contribution < -0.4 is 20.1 Å². The number of carbonyl (C=O) groups excluding carboxylic acids is 1. The van der Waals surface area contributed by atoms with E-state index < -0.39 is 0 Å². The van der Waals surface area contributed by atoms with Gasteiger partial charge in [-0.15, -0.1) is 0 Å². The van der Waals surface area contributed by atoms with Crippen LogP contribution in [0.4, 0.5) is 17.2 Å². The first-order valence-electron chi connectivity index (χ1n) is 9.51. The van der Waals surface area contributed by atoms with Gasteiger partial charge in [0.1, 0.15) is 19.0 Å². The molecule has 0 bridgehead atoms. The summed E-state index contributed by atoms with van der Waals surface area (Å²) in [5.74, 6) is 1.78. The number of anilines is 3. The summed E-state index contributed by atoms with van der Waals surface area (Å²) in [6.45, 7) is 7.25. The molecular formula is C23H23N3O3. The zero-order valence-corrected chi connectivity index (χ0v) is 16.7. The van der Waals surface area contributed by atoms with Crippen LogP contribution in [-0.2, 0) is 0 Å². The second kappa shape index (κ2) is 7.83. The first kappa shape index (κ1) is 18.8. The van der Waals surface area contributed by atoms with Crippen molar-refractivity contribution in [2.75, 3.05) is 23.8 Å². The number of hydrogen-bond acceptors (Lipinski definition) is 5. The Kier molecular flexibility index (Phi) is 5.08. The number of benzene rings is 2. The van der Waals surface area contributed by atoms with Crippen LogP contribution in [0, 0.1) is 20.8 Å². The molecule has 0 saturated heterocycles. The SMILES string of the molecule is Cc1cc(C)c(Nc2ccc(C(=O)Nc3ccc4c(c3)OCCO4)cn2)c(C)c1. The van der Waals surface area contributed by atoms with Crippen molar-refractivity contribution in [3.63, 3.8) is 0 Å². The Hall–Kier alpha value is -3.54. The molecule has 2 aromatic carbocycles. The van der Waals surface area contributed by atoms with Gasteiger partial charge in [-0.25, -0.2) is 4.98 Å². The number of rotatable bonds is 4. The van der Waals surface area contributed by atoms with E-state index in [9.17, 15) is 4.79 Å².